The van der Waals surface area contributed by atoms with Crippen LogP contribution in [0.2, 0.25) is 0 Å². The van der Waals surface area contributed by atoms with E-state index in [1.165, 1.54) is 12.1 Å². The van der Waals surface area contributed by atoms with E-state index in [1.54, 1.807) is 35.6 Å². The van der Waals surface area contributed by atoms with Crippen LogP contribution < -0.4 is 0 Å². The number of carbonyl (C=O) groups excluding carboxylic acids is 1. The second kappa shape index (κ2) is 6.51. The van der Waals surface area contributed by atoms with Gasteiger partial charge < -0.3 is 14.0 Å². The van der Waals surface area contributed by atoms with Crippen LogP contribution in [0.5, 0.6) is 0 Å². The first-order valence-corrected chi connectivity index (χ1v) is 8.20. The van der Waals surface area contributed by atoms with Crippen molar-refractivity contribution < 1.29 is 13.7 Å². The summed E-state index contributed by atoms with van der Waals surface area (Å²) in [5, 5.41) is 3.84. The van der Waals surface area contributed by atoms with Crippen LogP contribution in [0.25, 0.3) is 11.3 Å². The summed E-state index contributed by atoms with van der Waals surface area (Å²) in [7, 11) is 0. The van der Waals surface area contributed by atoms with Crippen molar-refractivity contribution in [1.29, 1.82) is 0 Å². The molecule has 7 heteroatoms. The number of nitrogens with zero attached hydrogens (tertiary/aromatic N) is 4. The summed E-state index contributed by atoms with van der Waals surface area (Å²) in [6, 6.07) is 7.97. The summed E-state index contributed by atoms with van der Waals surface area (Å²) in [6.07, 6.45) is 7.32. The molecule has 0 saturated carbocycles. The van der Waals surface area contributed by atoms with E-state index in [0.29, 0.717) is 18.7 Å². The number of carbonyl (C=O) groups is 1. The van der Waals surface area contributed by atoms with Crippen molar-refractivity contribution in [1.82, 2.24) is 19.6 Å². The molecule has 4 rings (SSSR count). The van der Waals surface area contributed by atoms with E-state index in [-0.39, 0.29) is 23.4 Å². The molecular weight excluding hydrogens is 323 g/mol. The highest BCUT2D eigenvalue weighted by molar-refractivity contribution is 5.93. The maximum Gasteiger partial charge on any atom is 0.276 e. The molecule has 0 spiro atoms. The van der Waals surface area contributed by atoms with Crippen LogP contribution in [0.1, 0.15) is 29.4 Å². The highest BCUT2D eigenvalue weighted by atomic mass is 19.1. The van der Waals surface area contributed by atoms with E-state index >= 15 is 0 Å². The molecule has 1 aliphatic rings. The average Bonchev–Trinajstić information content (AvgIpc) is 3.34. The zero-order valence-electron chi connectivity index (χ0n) is 13.5. The molecule has 0 unspecified atom stereocenters. The first kappa shape index (κ1) is 15.6. The van der Waals surface area contributed by atoms with Crippen LogP contribution >= 0.6 is 0 Å². The number of likely N-dealkylation sites (tertiary alicyclic amines) is 1. The van der Waals surface area contributed by atoms with Crippen LogP contribution in [-0.2, 0) is 0 Å². The molecule has 1 amide bonds. The Morgan fingerprint density at radius 2 is 2.20 bits per heavy atom. The molecule has 128 valence electrons. The fraction of sp³-hybridized carbons (Fsp3) is 0.278. The van der Waals surface area contributed by atoms with Gasteiger partial charge in [0.2, 0.25) is 0 Å². The molecule has 2 aromatic heterocycles. The first-order chi connectivity index (χ1) is 12.2. The summed E-state index contributed by atoms with van der Waals surface area (Å²) >= 11 is 0. The first-order valence-electron chi connectivity index (χ1n) is 8.20. The van der Waals surface area contributed by atoms with Crippen molar-refractivity contribution in [2.45, 2.75) is 18.9 Å². The number of hydrogen-bond acceptors (Lipinski definition) is 4. The number of hydrogen-bond donors (Lipinski definition) is 0. The third-order valence-electron chi connectivity index (χ3n) is 4.50. The van der Waals surface area contributed by atoms with Gasteiger partial charge in [-0.25, -0.2) is 9.37 Å². The highest BCUT2D eigenvalue weighted by Gasteiger charge is 2.27. The van der Waals surface area contributed by atoms with Crippen molar-refractivity contribution >= 4 is 5.91 Å². The van der Waals surface area contributed by atoms with Gasteiger partial charge >= 0.3 is 0 Å². The lowest BCUT2D eigenvalue weighted by molar-refractivity contribution is 0.0669. The lowest BCUT2D eigenvalue weighted by atomic mass is 10.0. The van der Waals surface area contributed by atoms with Gasteiger partial charge in [-0.2, -0.15) is 0 Å². The van der Waals surface area contributed by atoms with Gasteiger partial charge in [-0.05, 0) is 25.0 Å². The Morgan fingerprint density at radius 3 is 3.00 bits per heavy atom. The second-order valence-corrected chi connectivity index (χ2v) is 6.11. The van der Waals surface area contributed by atoms with Crippen LogP contribution in [-0.4, -0.2) is 38.6 Å². The summed E-state index contributed by atoms with van der Waals surface area (Å²) in [6.45, 7) is 1.27. The lowest BCUT2D eigenvalue weighted by Crippen LogP contribution is -2.40. The molecule has 1 atom stereocenters. The van der Waals surface area contributed by atoms with Crippen LogP contribution in [0.15, 0.2) is 53.6 Å². The highest BCUT2D eigenvalue weighted by Crippen LogP contribution is 2.26. The van der Waals surface area contributed by atoms with E-state index in [0.717, 1.165) is 12.8 Å². The van der Waals surface area contributed by atoms with Gasteiger partial charge in [0.1, 0.15) is 5.82 Å². The Labute approximate surface area is 143 Å². The largest absolute Gasteiger partial charge is 0.355 e. The molecule has 0 aliphatic carbocycles. The number of amides is 1. The summed E-state index contributed by atoms with van der Waals surface area (Å²) < 4.78 is 21.1. The number of piperidine rings is 1. The molecule has 6 nitrogen and oxygen atoms in total. The van der Waals surface area contributed by atoms with Crippen molar-refractivity contribution in [2.24, 2.45) is 0 Å². The predicted octanol–water partition coefficient (Wildman–Crippen LogP) is 3.15. The fourth-order valence-electron chi connectivity index (χ4n) is 3.19. The standard InChI is InChI=1S/C18H17FN4O2/c19-15-6-2-1-5-14(15)17-10-16(21-25-17)18(24)22-8-3-4-13(11-22)23-9-7-20-12-23/h1-2,5-7,9-10,12-13H,3-4,8,11H2/t13-/m1/s1. The number of halogens is 1. The molecule has 1 aromatic carbocycles. The predicted molar refractivity (Wildman–Crippen MR) is 88.3 cm³/mol. The average molecular weight is 340 g/mol. The maximum atomic E-state index is 13.9. The van der Waals surface area contributed by atoms with E-state index in [1.807, 2.05) is 10.8 Å². The van der Waals surface area contributed by atoms with E-state index in [4.69, 9.17) is 4.52 Å². The Hall–Kier alpha value is -2.96. The van der Waals surface area contributed by atoms with Gasteiger partial charge in [-0.15, -0.1) is 0 Å². The minimum atomic E-state index is -0.407. The Kier molecular flexibility index (Phi) is 4.05. The van der Waals surface area contributed by atoms with Gasteiger partial charge in [0, 0.05) is 31.5 Å². The maximum absolute atomic E-state index is 13.9. The van der Waals surface area contributed by atoms with Crippen LogP contribution in [0.3, 0.4) is 0 Å². The third-order valence-corrected chi connectivity index (χ3v) is 4.50. The Bertz CT molecular complexity index is 875. The topological polar surface area (TPSA) is 64.2 Å². The number of aromatic nitrogens is 3. The fourth-order valence-corrected chi connectivity index (χ4v) is 3.19. The molecule has 3 heterocycles. The second-order valence-electron chi connectivity index (χ2n) is 6.11. The minimum absolute atomic E-state index is 0.198. The monoisotopic (exact) mass is 340 g/mol. The molecule has 0 bridgehead atoms. The summed E-state index contributed by atoms with van der Waals surface area (Å²) in [5.41, 5.74) is 0.494. The molecule has 0 N–H and O–H groups in total. The van der Waals surface area contributed by atoms with Gasteiger partial charge in [-0.1, -0.05) is 17.3 Å². The molecule has 3 aromatic rings. The molecule has 1 aliphatic heterocycles. The SMILES string of the molecule is O=C(c1cc(-c2ccccc2F)on1)N1CCC[C@@H](n2ccnc2)C1. The van der Waals surface area contributed by atoms with Gasteiger partial charge in [0.15, 0.2) is 11.5 Å². The van der Waals surface area contributed by atoms with Crippen molar-refractivity contribution in [3.63, 3.8) is 0 Å². The van der Waals surface area contributed by atoms with E-state index < -0.39 is 5.82 Å². The Balaban J connectivity index is 1.52. The number of benzene rings is 1. The smallest absolute Gasteiger partial charge is 0.276 e. The van der Waals surface area contributed by atoms with E-state index in [9.17, 15) is 9.18 Å². The quantitative estimate of drug-likeness (QED) is 0.735. The van der Waals surface area contributed by atoms with Crippen LogP contribution in [0.4, 0.5) is 4.39 Å². The third kappa shape index (κ3) is 3.05. The Morgan fingerprint density at radius 1 is 1.32 bits per heavy atom. The molecule has 1 fully saturated rings. The molecular formula is C18H17FN4O2. The zero-order valence-corrected chi connectivity index (χ0v) is 13.5. The summed E-state index contributed by atoms with van der Waals surface area (Å²) in [5.74, 6) is -0.350. The molecule has 1 saturated heterocycles. The minimum Gasteiger partial charge on any atom is -0.355 e. The van der Waals surface area contributed by atoms with Gasteiger partial charge in [0.25, 0.3) is 5.91 Å². The van der Waals surface area contributed by atoms with Gasteiger partial charge in [-0.3, -0.25) is 4.79 Å². The normalized spacial score (nSPS) is 17.6. The van der Waals surface area contributed by atoms with Crippen molar-refractivity contribution in [3.8, 4) is 11.3 Å². The van der Waals surface area contributed by atoms with Gasteiger partial charge in [0.05, 0.1) is 17.9 Å². The lowest BCUT2D eigenvalue weighted by Gasteiger charge is -2.32. The van der Waals surface area contributed by atoms with Crippen molar-refractivity contribution in [2.75, 3.05) is 13.1 Å². The molecule has 0 radical (unpaired) electrons. The zero-order chi connectivity index (χ0) is 17.2. The van der Waals surface area contributed by atoms with Crippen LogP contribution in [0, 0.1) is 5.82 Å². The van der Waals surface area contributed by atoms with E-state index in [2.05, 4.69) is 10.1 Å². The number of rotatable bonds is 3. The summed E-state index contributed by atoms with van der Waals surface area (Å²) in [4.78, 5) is 18.6. The molecule has 25 heavy (non-hydrogen) atoms. The van der Waals surface area contributed by atoms with Crippen molar-refractivity contribution in [3.05, 3.63) is 60.6 Å². The number of imidazole rings is 1.